The quantitative estimate of drug-likeness (QED) is 0.680. The van der Waals surface area contributed by atoms with Crippen molar-refractivity contribution in [3.63, 3.8) is 0 Å². The molecule has 0 saturated carbocycles. The summed E-state index contributed by atoms with van der Waals surface area (Å²) < 4.78 is 18.0. The van der Waals surface area contributed by atoms with Gasteiger partial charge in [-0.05, 0) is 38.1 Å². The summed E-state index contributed by atoms with van der Waals surface area (Å²) in [7, 11) is 0. The Balaban J connectivity index is 2.04. The number of hydrogen-bond acceptors (Lipinski definition) is 4. The molecule has 5 nitrogen and oxygen atoms in total. The molecule has 0 radical (unpaired) electrons. The van der Waals surface area contributed by atoms with Crippen molar-refractivity contribution in [3.05, 3.63) is 60.3 Å². The summed E-state index contributed by atoms with van der Waals surface area (Å²) >= 11 is 0. The average Bonchev–Trinajstić information content (AvgIpc) is 2.98. The predicted molar refractivity (Wildman–Crippen MR) is 80.2 cm³/mol. The van der Waals surface area contributed by atoms with E-state index in [2.05, 4.69) is 15.5 Å². The molecule has 1 atom stereocenters. The Morgan fingerprint density at radius 3 is 2.73 bits per heavy atom. The first kappa shape index (κ1) is 15.6. The van der Waals surface area contributed by atoms with Crippen molar-refractivity contribution in [2.45, 2.75) is 19.9 Å². The van der Waals surface area contributed by atoms with Crippen LogP contribution in [0, 0.1) is 5.82 Å². The van der Waals surface area contributed by atoms with E-state index in [-0.39, 0.29) is 17.6 Å². The maximum atomic E-state index is 12.9. The third-order valence-corrected chi connectivity index (χ3v) is 2.82. The number of nitrogens with zero attached hydrogens (tertiary/aromatic N) is 2. The molecular formula is C16H16FN3O2. The smallest absolute Gasteiger partial charge is 0.249 e. The van der Waals surface area contributed by atoms with Gasteiger partial charge in [0.05, 0.1) is 0 Å². The predicted octanol–water partition coefficient (Wildman–Crippen LogP) is 3.19. The van der Waals surface area contributed by atoms with Gasteiger partial charge in [-0.3, -0.25) is 4.79 Å². The van der Waals surface area contributed by atoms with Gasteiger partial charge in [0.1, 0.15) is 11.9 Å². The molecule has 114 valence electrons. The zero-order chi connectivity index (χ0) is 15.9. The maximum absolute atomic E-state index is 12.9. The van der Waals surface area contributed by atoms with Crippen molar-refractivity contribution < 1.29 is 13.7 Å². The van der Waals surface area contributed by atoms with E-state index in [1.807, 2.05) is 13.0 Å². The molecule has 0 aliphatic rings. The first-order valence-corrected chi connectivity index (χ1v) is 6.79. The fraction of sp³-hybridized carbons (Fsp3) is 0.188. The summed E-state index contributed by atoms with van der Waals surface area (Å²) in [4.78, 5) is 15.9. The van der Waals surface area contributed by atoms with Gasteiger partial charge in [-0.1, -0.05) is 23.4 Å². The Bertz CT molecular complexity index is 690. The molecule has 1 N–H and O–H groups in total. The molecule has 0 fully saturated rings. The molecule has 0 saturated heterocycles. The minimum Gasteiger partial charge on any atom is -0.341 e. The fourth-order valence-corrected chi connectivity index (χ4v) is 1.70. The fourth-order valence-electron chi connectivity index (χ4n) is 1.70. The van der Waals surface area contributed by atoms with E-state index in [9.17, 15) is 9.18 Å². The number of benzene rings is 1. The third-order valence-electron chi connectivity index (χ3n) is 2.82. The second-order valence-corrected chi connectivity index (χ2v) is 4.58. The van der Waals surface area contributed by atoms with Crippen molar-refractivity contribution in [1.82, 2.24) is 15.5 Å². The summed E-state index contributed by atoms with van der Waals surface area (Å²) in [5, 5.41) is 6.54. The normalized spacial score (nSPS) is 12.9. The maximum Gasteiger partial charge on any atom is 0.249 e. The zero-order valence-electron chi connectivity index (χ0n) is 12.3. The Hall–Kier alpha value is -2.76. The van der Waals surface area contributed by atoms with Gasteiger partial charge in [0.15, 0.2) is 0 Å². The first-order valence-electron chi connectivity index (χ1n) is 6.79. The monoisotopic (exact) mass is 301 g/mol. The number of amides is 1. The molecule has 1 aromatic carbocycles. The van der Waals surface area contributed by atoms with Gasteiger partial charge in [-0.25, -0.2) is 4.39 Å². The SMILES string of the molecule is C/C=C/C=C\C(=O)N[C@H](C)c1nc(-c2ccc(F)cc2)no1. The number of allylic oxidation sites excluding steroid dienone is 3. The van der Waals surface area contributed by atoms with E-state index >= 15 is 0 Å². The van der Waals surface area contributed by atoms with Crippen molar-refractivity contribution >= 4 is 5.91 Å². The molecule has 0 spiro atoms. The van der Waals surface area contributed by atoms with Crippen molar-refractivity contribution in [2.75, 3.05) is 0 Å². The van der Waals surface area contributed by atoms with E-state index < -0.39 is 6.04 Å². The van der Waals surface area contributed by atoms with Crippen LogP contribution in [0.25, 0.3) is 11.4 Å². The van der Waals surface area contributed by atoms with Crippen LogP contribution in [0.1, 0.15) is 25.8 Å². The lowest BCUT2D eigenvalue weighted by atomic mass is 10.2. The molecule has 1 heterocycles. The van der Waals surface area contributed by atoms with Crippen molar-refractivity contribution in [2.24, 2.45) is 0 Å². The lowest BCUT2D eigenvalue weighted by Gasteiger charge is -2.06. The molecule has 1 amide bonds. The lowest BCUT2D eigenvalue weighted by Crippen LogP contribution is -2.24. The summed E-state index contributed by atoms with van der Waals surface area (Å²) in [6.07, 6.45) is 6.62. The van der Waals surface area contributed by atoms with Gasteiger partial charge in [-0.15, -0.1) is 0 Å². The zero-order valence-corrected chi connectivity index (χ0v) is 12.3. The Morgan fingerprint density at radius 1 is 1.32 bits per heavy atom. The van der Waals surface area contributed by atoms with Crippen LogP contribution in [-0.4, -0.2) is 16.0 Å². The van der Waals surface area contributed by atoms with E-state index in [1.165, 1.54) is 18.2 Å². The Labute approximate surface area is 127 Å². The number of nitrogens with one attached hydrogen (secondary N) is 1. The van der Waals surface area contributed by atoms with Gasteiger partial charge in [-0.2, -0.15) is 4.98 Å². The molecule has 0 unspecified atom stereocenters. The van der Waals surface area contributed by atoms with E-state index in [0.717, 1.165) is 0 Å². The van der Waals surface area contributed by atoms with E-state index in [1.54, 1.807) is 31.2 Å². The molecule has 2 rings (SSSR count). The lowest BCUT2D eigenvalue weighted by molar-refractivity contribution is -0.117. The minimum absolute atomic E-state index is 0.257. The van der Waals surface area contributed by atoms with Crippen molar-refractivity contribution in [1.29, 1.82) is 0 Å². The molecule has 2 aromatic rings. The van der Waals surface area contributed by atoms with E-state index in [4.69, 9.17) is 4.52 Å². The highest BCUT2D eigenvalue weighted by Gasteiger charge is 2.16. The molecule has 0 aliphatic carbocycles. The molecular weight excluding hydrogens is 285 g/mol. The van der Waals surface area contributed by atoms with E-state index in [0.29, 0.717) is 11.4 Å². The van der Waals surface area contributed by atoms with Crippen LogP contribution in [0.2, 0.25) is 0 Å². The van der Waals surface area contributed by atoms with Crippen LogP contribution in [0.15, 0.2) is 53.1 Å². The highest BCUT2D eigenvalue weighted by molar-refractivity contribution is 5.87. The van der Waals surface area contributed by atoms with Gasteiger partial charge in [0, 0.05) is 11.6 Å². The molecule has 6 heteroatoms. The Kier molecular flexibility index (Phi) is 5.19. The van der Waals surface area contributed by atoms with Crippen LogP contribution in [0.5, 0.6) is 0 Å². The Morgan fingerprint density at radius 2 is 2.05 bits per heavy atom. The van der Waals surface area contributed by atoms with Crippen LogP contribution in [0.3, 0.4) is 0 Å². The number of halogens is 1. The number of carbonyl (C=O) groups is 1. The highest BCUT2D eigenvalue weighted by Crippen LogP contribution is 2.18. The number of hydrogen-bond donors (Lipinski definition) is 1. The van der Waals surface area contributed by atoms with Crippen LogP contribution in [-0.2, 0) is 4.79 Å². The largest absolute Gasteiger partial charge is 0.341 e. The molecule has 1 aromatic heterocycles. The van der Waals surface area contributed by atoms with Gasteiger partial charge in [0.25, 0.3) is 0 Å². The third kappa shape index (κ3) is 4.12. The topological polar surface area (TPSA) is 68.0 Å². The summed E-state index contributed by atoms with van der Waals surface area (Å²) in [6, 6.07) is 5.34. The average molecular weight is 301 g/mol. The second kappa shape index (κ2) is 7.31. The second-order valence-electron chi connectivity index (χ2n) is 4.58. The summed E-state index contributed by atoms with van der Waals surface area (Å²) in [5.41, 5.74) is 0.642. The molecule has 0 bridgehead atoms. The van der Waals surface area contributed by atoms with Gasteiger partial charge < -0.3 is 9.84 Å². The van der Waals surface area contributed by atoms with Gasteiger partial charge >= 0.3 is 0 Å². The number of carbonyl (C=O) groups excluding carboxylic acids is 1. The highest BCUT2D eigenvalue weighted by atomic mass is 19.1. The van der Waals surface area contributed by atoms with Crippen LogP contribution >= 0.6 is 0 Å². The number of rotatable bonds is 5. The minimum atomic E-state index is -0.426. The summed E-state index contributed by atoms with van der Waals surface area (Å²) in [6.45, 7) is 3.60. The molecule has 22 heavy (non-hydrogen) atoms. The first-order chi connectivity index (χ1) is 10.6. The molecule has 0 aliphatic heterocycles. The van der Waals surface area contributed by atoms with Crippen LogP contribution in [0.4, 0.5) is 4.39 Å². The standard InChI is InChI=1S/C16H16FN3O2/c1-3-4-5-6-14(21)18-11(2)16-19-15(20-22-16)12-7-9-13(17)10-8-12/h3-11H,1-2H3,(H,18,21)/b4-3+,6-5-/t11-/m1/s1. The van der Waals surface area contributed by atoms with Gasteiger partial charge in [0.2, 0.25) is 17.6 Å². The summed E-state index contributed by atoms with van der Waals surface area (Å²) in [5.74, 6) is 0.0424. The number of aromatic nitrogens is 2. The van der Waals surface area contributed by atoms with Crippen LogP contribution < -0.4 is 5.32 Å². The van der Waals surface area contributed by atoms with Crippen molar-refractivity contribution in [3.8, 4) is 11.4 Å².